The number of allylic oxidation sites excluding steroid dienone is 3. The lowest BCUT2D eigenvalue weighted by molar-refractivity contribution is -0.175. The van der Waals surface area contributed by atoms with Crippen LogP contribution in [0.3, 0.4) is 0 Å². The van der Waals surface area contributed by atoms with Gasteiger partial charge in [-0.1, -0.05) is 45.4 Å². The van der Waals surface area contributed by atoms with Crippen molar-refractivity contribution in [1.29, 1.82) is 0 Å². The molecular formula is C19H37NO3Si. The molecule has 0 aliphatic carbocycles. The average molecular weight is 356 g/mol. The highest BCUT2D eigenvalue weighted by Crippen LogP contribution is 2.30. The zero-order chi connectivity index (χ0) is 18.9. The molecule has 0 N–H and O–H groups in total. The first kappa shape index (κ1) is 23.1. The smallest absolute Gasteiger partial charge is 0.251 e. The van der Waals surface area contributed by atoms with E-state index in [0.29, 0.717) is 0 Å². The third-order valence-electron chi connectivity index (χ3n) is 5.10. The summed E-state index contributed by atoms with van der Waals surface area (Å²) in [7, 11) is 1.33. The highest BCUT2D eigenvalue weighted by atomic mass is 28.4. The van der Waals surface area contributed by atoms with Crippen LogP contribution in [-0.4, -0.2) is 39.5 Å². The van der Waals surface area contributed by atoms with Gasteiger partial charge in [0.25, 0.3) is 5.91 Å². The van der Waals surface area contributed by atoms with Crippen LogP contribution < -0.4 is 0 Å². The van der Waals surface area contributed by atoms with Gasteiger partial charge < -0.3 is 4.43 Å². The molecule has 0 aliphatic rings. The number of carbonyl (C=O) groups excluding carboxylic acids is 1. The zero-order valence-corrected chi connectivity index (χ0v) is 18.1. The standard InChI is InChI=1S/C19H37NO3Si/c1-10-15(5)14-16(6)18(17(7)19(21)20(8)22-9)23-24(11-2,12-3)13-4/h10,14,17-18H,11-13H2,1-9H3/b15-10+,16-14+/t17-,18+/m0/s1. The molecule has 2 atom stereocenters. The first-order chi connectivity index (χ1) is 11.2. The van der Waals surface area contributed by atoms with E-state index in [4.69, 9.17) is 9.26 Å². The van der Waals surface area contributed by atoms with Crippen molar-refractivity contribution in [2.45, 2.75) is 72.7 Å². The highest BCUT2D eigenvalue weighted by Gasteiger charge is 2.37. The van der Waals surface area contributed by atoms with Crippen molar-refractivity contribution >= 4 is 14.2 Å². The summed E-state index contributed by atoms with van der Waals surface area (Å²) in [6, 6.07) is 3.19. The second-order valence-corrected chi connectivity index (χ2v) is 11.2. The van der Waals surface area contributed by atoms with Gasteiger partial charge in [-0.05, 0) is 44.5 Å². The SMILES string of the molecule is C/C=C(C)/C=C(\C)[C@@H](O[Si](CC)(CC)CC)[C@H](C)C(=O)N(C)OC. The van der Waals surface area contributed by atoms with Gasteiger partial charge in [-0.15, -0.1) is 0 Å². The summed E-state index contributed by atoms with van der Waals surface area (Å²) >= 11 is 0. The van der Waals surface area contributed by atoms with E-state index in [1.54, 1.807) is 7.05 Å². The molecule has 0 aromatic heterocycles. The summed E-state index contributed by atoms with van der Waals surface area (Å²) in [4.78, 5) is 17.7. The summed E-state index contributed by atoms with van der Waals surface area (Å²) in [5.74, 6) is -0.341. The molecule has 0 aliphatic heterocycles. The maximum atomic E-state index is 12.6. The summed E-state index contributed by atoms with van der Waals surface area (Å²) in [6.45, 7) is 14.7. The molecular weight excluding hydrogens is 318 g/mol. The largest absolute Gasteiger partial charge is 0.409 e. The van der Waals surface area contributed by atoms with Gasteiger partial charge in [0.15, 0.2) is 8.32 Å². The predicted molar refractivity (Wildman–Crippen MR) is 104 cm³/mol. The second kappa shape index (κ2) is 10.8. The molecule has 1 amide bonds. The maximum absolute atomic E-state index is 12.6. The van der Waals surface area contributed by atoms with Gasteiger partial charge in [0.05, 0.1) is 19.1 Å². The van der Waals surface area contributed by atoms with Crippen LogP contribution in [0.2, 0.25) is 18.1 Å². The van der Waals surface area contributed by atoms with E-state index >= 15 is 0 Å². The molecule has 24 heavy (non-hydrogen) atoms. The first-order valence-corrected chi connectivity index (χ1v) is 11.5. The van der Waals surface area contributed by atoms with Crippen LogP contribution in [0.1, 0.15) is 48.5 Å². The summed E-state index contributed by atoms with van der Waals surface area (Å²) in [5.41, 5.74) is 2.28. The van der Waals surface area contributed by atoms with Crippen LogP contribution in [0, 0.1) is 5.92 Å². The Balaban J connectivity index is 5.76. The Kier molecular flexibility index (Phi) is 10.4. The van der Waals surface area contributed by atoms with Crippen LogP contribution in [-0.2, 0) is 14.1 Å². The van der Waals surface area contributed by atoms with E-state index in [1.165, 1.54) is 17.7 Å². The van der Waals surface area contributed by atoms with Crippen molar-refractivity contribution in [3.8, 4) is 0 Å². The molecule has 0 saturated carbocycles. The van der Waals surface area contributed by atoms with Crippen LogP contribution >= 0.6 is 0 Å². The fraction of sp³-hybridized carbons (Fsp3) is 0.737. The van der Waals surface area contributed by atoms with Gasteiger partial charge in [-0.2, -0.15) is 0 Å². The molecule has 0 saturated heterocycles. The van der Waals surface area contributed by atoms with Crippen molar-refractivity contribution in [1.82, 2.24) is 5.06 Å². The maximum Gasteiger partial charge on any atom is 0.251 e. The number of hydrogen-bond donors (Lipinski definition) is 0. The molecule has 0 aromatic rings. The Hall–Kier alpha value is -0.913. The molecule has 0 fully saturated rings. The minimum absolute atomic E-state index is 0.0559. The molecule has 0 bridgehead atoms. The van der Waals surface area contributed by atoms with Crippen LogP contribution in [0.4, 0.5) is 0 Å². The topological polar surface area (TPSA) is 38.8 Å². The number of hydrogen-bond acceptors (Lipinski definition) is 3. The number of rotatable bonds is 10. The summed E-state index contributed by atoms with van der Waals surface area (Å²) in [5, 5.41) is 1.30. The van der Waals surface area contributed by atoms with Gasteiger partial charge in [-0.3, -0.25) is 9.63 Å². The molecule has 5 heteroatoms. The molecule has 0 heterocycles. The Morgan fingerprint density at radius 2 is 1.67 bits per heavy atom. The normalized spacial score (nSPS) is 16.0. The first-order valence-electron chi connectivity index (χ1n) is 9.02. The van der Waals surface area contributed by atoms with E-state index in [1.807, 2.05) is 13.8 Å². The minimum Gasteiger partial charge on any atom is -0.409 e. The Bertz CT molecular complexity index is 447. The van der Waals surface area contributed by atoms with Crippen molar-refractivity contribution in [3.05, 3.63) is 23.3 Å². The van der Waals surface area contributed by atoms with Gasteiger partial charge in [-0.25, -0.2) is 5.06 Å². The number of amides is 1. The van der Waals surface area contributed by atoms with Crippen LogP contribution in [0.25, 0.3) is 0 Å². The fourth-order valence-electron chi connectivity index (χ4n) is 2.89. The minimum atomic E-state index is -1.83. The zero-order valence-electron chi connectivity index (χ0n) is 17.1. The van der Waals surface area contributed by atoms with E-state index in [0.717, 1.165) is 23.7 Å². The van der Waals surface area contributed by atoms with Crippen LogP contribution in [0.15, 0.2) is 23.3 Å². The van der Waals surface area contributed by atoms with E-state index in [9.17, 15) is 4.79 Å². The quantitative estimate of drug-likeness (QED) is 0.316. The van der Waals surface area contributed by atoms with Crippen molar-refractivity contribution in [2.24, 2.45) is 5.92 Å². The number of nitrogens with zero attached hydrogens (tertiary/aromatic N) is 1. The van der Waals surface area contributed by atoms with Gasteiger partial charge in [0.1, 0.15) is 0 Å². The summed E-state index contributed by atoms with van der Waals surface area (Å²) < 4.78 is 6.71. The molecule has 0 aromatic carbocycles. The van der Waals surface area contributed by atoms with E-state index < -0.39 is 8.32 Å². The Morgan fingerprint density at radius 3 is 2.04 bits per heavy atom. The molecule has 4 nitrogen and oxygen atoms in total. The lowest BCUT2D eigenvalue weighted by Crippen LogP contribution is -2.46. The highest BCUT2D eigenvalue weighted by molar-refractivity contribution is 6.73. The fourth-order valence-corrected chi connectivity index (χ4v) is 5.82. The Morgan fingerprint density at radius 1 is 1.17 bits per heavy atom. The predicted octanol–water partition coefficient (Wildman–Crippen LogP) is 4.95. The lowest BCUT2D eigenvalue weighted by atomic mass is 9.96. The average Bonchev–Trinajstić information content (AvgIpc) is 2.61. The van der Waals surface area contributed by atoms with E-state index in [-0.39, 0.29) is 17.9 Å². The molecule has 0 unspecified atom stereocenters. The lowest BCUT2D eigenvalue weighted by Gasteiger charge is -2.37. The van der Waals surface area contributed by atoms with E-state index in [2.05, 4.69) is 46.8 Å². The summed E-state index contributed by atoms with van der Waals surface area (Å²) in [6.07, 6.45) is 3.98. The molecule has 0 rings (SSSR count). The Labute approximate surface area is 150 Å². The van der Waals surface area contributed by atoms with Crippen molar-refractivity contribution in [3.63, 3.8) is 0 Å². The van der Waals surface area contributed by atoms with Crippen LogP contribution in [0.5, 0.6) is 0 Å². The second-order valence-electron chi connectivity index (χ2n) is 6.51. The third-order valence-corrected chi connectivity index (χ3v) is 9.72. The van der Waals surface area contributed by atoms with Gasteiger partial charge in [0.2, 0.25) is 0 Å². The van der Waals surface area contributed by atoms with Crippen molar-refractivity contribution in [2.75, 3.05) is 14.2 Å². The van der Waals surface area contributed by atoms with Gasteiger partial charge >= 0.3 is 0 Å². The molecule has 140 valence electrons. The molecule has 0 radical (unpaired) electrons. The van der Waals surface area contributed by atoms with Gasteiger partial charge in [0, 0.05) is 7.05 Å². The monoisotopic (exact) mass is 355 g/mol. The number of carbonyl (C=O) groups is 1. The van der Waals surface area contributed by atoms with Crippen molar-refractivity contribution < 1.29 is 14.1 Å². The third kappa shape index (κ3) is 6.19. The number of hydroxylamine groups is 2. The molecule has 0 spiro atoms.